The Kier molecular flexibility index (Phi) is 11.0. The molecular weight excluding hydrogens is 463 g/mol. The second-order valence-corrected chi connectivity index (χ2v) is 3.02. The molecule has 0 fully saturated rings. The van der Waals surface area contributed by atoms with Crippen LogP contribution < -0.4 is 5.32 Å². The monoisotopic (exact) mass is 474 g/mol. The summed E-state index contributed by atoms with van der Waals surface area (Å²) in [6, 6.07) is 9.25. The number of allylic oxidation sites excluding steroid dienone is 2. The summed E-state index contributed by atoms with van der Waals surface area (Å²) < 4.78 is 0. The summed E-state index contributed by atoms with van der Waals surface area (Å²) in [6.45, 7) is 4.81. The number of ketones is 1. The molecule has 17 heavy (non-hydrogen) atoms. The van der Waals surface area contributed by atoms with Gasteiger partial charge in [-0.3, -0.25) is 6.92 Å². The average molecular weight is 474 g/mol. The van der Waals surface area contributed by atoms with Crippen LogP contribution in [-0.2, 0) is 63.4 Å². The standard InChI is InChI=1S/C12H11NO2.W.Y/c1-9(12(8-14)10(2)15)13-11-6-4-3-5-7-11;;/h3-7,13H,2H2,1H3;;/q-2;;/b12-9-;;. The molecule has 0 bridgehead atoms. The van der Waals surface area contributed by atoms with E-state index < -0.39 is 5.78 Å². The van der Waals surface area contributed by atoms with Gasteiger partial charge < -0.3 is 14.9 Å². The van der Waals surface area contributed by atoms with Crippen LogP contribution in [0.15, 0.2) is 41.6 Å². The number of carbonyl (C=O) groups is 1. The predicted molar refractivity (Wildman–Crippen MR) is 58.8 cm³/mol. The van der Waals surface area contributed by atoms with Gasteiger partial charge in [-0.05, 0) is 18.4 Å². The van der Waals surface area contributed by atoms with E-state index in [9.17, 15) is 9.59 Å². The third kappa shape index (κ3) is 6.30. The summed E-state index contributed by atoms with van der Waals surface area (Å²) in [5.41, 5.74) is 1.21. The molecule has 0 spiro atoms. The maximum absolute atomic E-state index is 10.9. The number of Topliss-reactive ketones (excluding diaryl/α,β-unsaturated/α-hetero) is 1. The fraction of sp³-hybridized carbons (Fsp3) is 0.0833. The summed E-state index contributed by atoms with van der Waals surface area (Å²) in [6.07, 6.45) is 1.58. The van der Waals surface area contributed by atoms with E-state index in [1.807, 2.05) is 30.3 Å². The van der Waals surface area contributed by atoms with E-state index in [2.05, 4.69) is 12.2 Å². The van der Waals surface area contributed by atoms with Crippen LogP contribution in [0.5, 0.6) is 0 Å². The third-order valence-electron chi connectivity index (χ3n) is 1.86. The summed E-state index contributed by atoms with van der Waals surface area (Å²) >= 11 is 0. The number of hydrogen-bond donors (Lipinski definition) is 1. The summed E-state index contributed by atoms with van der Waals surface area (Å²) in [4.78, 5) is 21.4. The van der Waals surface area contributed by atoms with Gasteiger partial charge in [0.15, 0.2) is 0 Å². The topological polar surface area (TPSA) is 46.2 Å². The molecule has 0 aliphatic carbocycles. The number of para-hydroxylation sites is 1. The van der Waals surface area contributed by atoms with Gasteiger partial charge in [-0.15, -0.1) is 0 Å². The third-order valence-corrected chi connectivity index (χ3v) is 1.86. The molecule has 1 rings (SSSR count). The minimum atomic E-state index is -0.536. The predicted octanol–water partition coefficient (Wildman–Crippen LogP) is 1.88. The maximum Gasteiger partial charge on any atom is 0.0259 e. The van der Waals surface area contributed by atoms with Crippen LogP contribution in [0, 0.1) is 6.92 Å². The smallest absolute Gasteiger partial charge is 0.0259 e. The molecule has 5 heteroatoms. The Morgan fingerprint density at radius 3 is 2.24 bits per heavy atom. The number of anilines is 1. The molecule has 0 unspecified atom stereocenters. The molecule has 1 N–H and O–H groups in total. The van der Waals surface area contributed by atoms with Gasteiger partial charge in [0.2, 0.25) is 0 Å². The summed E-state index contributed by atoms with van der Waals surface area (Å²) in [7, 11) is 0. The first-order valence-corrected chi connectivity index (χ1v) is 4.42. The molecule has 0 aromatic heterocycles. The largest absolute Gasteiger partial charge is 0.428 e. The van der Waals surface area contributed by atoms with Crippen LogP contribution in [-0.4, -0.2) is 12.1 Å². The van der Waals surface area contributed by atoms with E-state index in [1.165, 1.54) is 0 Å². The fourth-order valence-electron chi connectivity index (χ4n) is 1.14. The van der Waals surface area contributed by atoms with Crippen LogP contribution in [0.2, 0.25) is 0 Å². The SMILES string of the molecule is [CH2-]C(=O)/C([C-]=O)=C(/C)Nc1ccccc1.[W].[Y]. The van der Waals surface area contributed by atoms with E-state index in [0.29, 0.717) is 5.70 Å². The van der Waals surface area contributed by atoms with Gasteiger partial charge in [0.05, 0.1) is 0 Å². The second-order valence-electron chi connectivity index (χ2n) is 3.02. The van der Waals surface area contributed by atoms with Crippen molar-refractivity contribution in [3.8, 4) is 0 Å². The first-order valence-electron chi connectivity index (χ1n) is 4.42. The Labute approximate surface area is 141 Å². The van der Waals surface area contributed by atoms with E-state index in [0.717, 1.165) is 5.69 Å². The molecule has 0 heterocycles. The van der Waals surface area contributed by atoms with Crippen LogP contribution in [0.4, 0.5) is 5.69 Å². The molecule has 0 amide bonds. The van der Waals surface area contributed by atoms with Crippen molar-refractivity contribution >= 4 is 17.8 Å². The average Bonchev–Trinajstić information content (AvgIpc) is 2.19. The van der Waals surface area contributed by atoms with Crippen LogP contribution in [0.3, 0.4) is 0 Å². The van der Waals surface area contributed by atoms with Crippen molar-refractivity contribution in [1.29, 1.82) is 0 Å². The first kappa shape index (κ1) is 19.1. The molecule has 1 aromatic carbocycles. The maximum atomic E-state index is 10.9. The quantitative estimate of drug-likeness (QED) is 0.314. The zero-order valence-corrected chi connectivity index (χ0v) is 15.2. The molecule has 1 radical (unpaired) electrons. The van der Waals surface area contributed by atoms with Gasteiger partial charge in [0.25, 0.3) is 0 Å². The van der Waals surface area contributed by atoms with Gasteiger partial charge in [-0.2, -0.15) is 5.70 Å². The molecule has 1 aromatic rings. The van der Waals surface area contributed by atoms with Crippen LogP contribution >= 0.6 is 0 Å². The van der Waals surface area contributed by atoms with Crippen molar-refractivity contribution in [2.24, 2.45) is 0 Å². The molecule has 0 atom stereocenters. The molecule has 3 nitrogen and oxygen atoms in total. The fourth-order valence-corrected chi connectivity index (χ4v) is 1.14. The van der Waals surface area contributed by atoms with E-state index in [4.69, 9.17) is 0 Å². The Morgan fingerprint density at radius 2 is 1.82 bits per heavy atom. The van der Waals surface area contributed by atoms with Crippen molar-refractivity contribution in [2.75, 3.05) is 5.32 Å². The zero-order chi connectivity index (χ0) is 11.3. The van der Waals surface area contributed by atoms with Crippen molar-refractivity contribution < 1.29 is 63.4 Å². The van der Waals surface area contributed by atoms with E-state index >= 15 is 0 Å². The van der Waals surface area contributed by atoms with Gasteiger partial charge in [-0.1, -0.05) is 30.9 Å². The van der Waals surface area contributed by atoms with Crippen molar-refractivity contribution in [1.82, 2.24) is 0 Å². The number of hydrogen-bond acceptors (Lipinski definition) is 3. The molecule has 0 saturated carbocycles. The zero-order valence-electron chi connectivity index (χ0n) is 9.40. The molecule has 0 saturated heterocycles. The Bertz CT molecular complexity index is 404. The number of benzene rings is 1. The number of rotatable bonds is 4. The molecule has 0 aliphatic rings. The summed E-state index contributed by atoms with van der Waals surface area (Å²) in [5.74, 6) is -0.536. The summed E-state index contributed by atoms with van der Waals surface area (Å²) in [5, 5.41) is 2.93. The molecular formula is C12H11NO2WY-2. The van der Waals surface area contributed by atoms with Crippen molar-refractivity contribution in [3.05, 3.63) is 48.5 Å². The van der Waals surface area contributed by atoms with Crippen LogP contribution in [0.25, 0.3) is 0 Å². The van der Waals surface area contributed by atoms with Crippen molar-refractivity contribution in [2.45, 2.75) is 6.92 Å². The van der Waals surface area contributed by atoms with Gasteiger partial charge in [0, 0.05) is 59.5 Å². The van der Waals surface area contributed by atoms with Crippen molar-refractivity contribution in [3.63, 3.8) is 0 Å². The van der Waals surface area contributed by atoms with E-state index in [1.54, 1.807) is 13.2 Å². The minimum absolute atomic E-state index is 0. The minimum Gasteiger partial charge on any atom is -0.428 e. The molecule has 0 aliphatic heterocycles. The van der Waals surface area contributed by atoms with Gasteiger partial charge in [-0.25, -0.2) is 5.57 Å². The number of carbonyl (C=O) groups excluding carboxylic acids is 2. The van der Waals surface area contributed by atoms with E-state index in [-0.39, 0.29) is 59.3 Å². The van der Waals surface area contributed by atoms with Gasteiger partial charge in [0.1, 0.15) is 0 Å². The van der Waals surface area contributed by atoms with Gasteiger partial charge >= 0.3 is 0 Å². The molecule has 87 valence electrons. The van der Waals surface area contributed by atoms with Crippen LogP contribution in [0.1, 0.15) is 6.92 Å². The Hall–Kier alpha value is -0.238. The second kappa shape index (κ2) is 9.76. The first-order chi connectivity index (χ1) is 7.15. The Balaban J connectivity index is 0. The Morgan fingerprint density at radius 1 is 1.29 bits per heavy atom. The normalized spacial score (nSPS) is 10.2. The number of nitrogens with one attached hydrogen (secondary N) is 1.